The molecule has 4 fully saturated rings. The number of carbonyl (C=O) groups is 5. The first-order chi connectivity index (χ1) is 18.5. The summed E-state index contributed by atoms with van der Waals surface area (Å²) in [4.78, 5) is 65.8. The maximum atomic E-state index is 14.0. The molecule has 5 atom stereocenters. The second-order valence-corrected chi connectivity index (χ2v) is 12.2. The Bertz CT molecular complexity index is 979. The van der Waals surface area contributed by atoms with Crippen LogP contribution in [0.2, 0.25) is 0 Å². The van der Waals surface area contributed by atoms with Gasteiger partial charge in [-0.1, -0.05) is 46.0 Å². The van der Waals surface area contributed by atoms with Crippen molar-refractivity contribution in [1.82, 2.24) is 15.5 Å². The van der Waals surface area contributed by atoms with Gasteiger partial charge >= 0.3 is 6.09 Å². The average Bonchev–Trinajstić information content (AvgIpc) is 3.77. The molecule has 39 heavy (non-hydrogen) atoms. The molecule has 0 aromatic carbocycles. The zero-order chi connectivity index (χ0) is 28.5. The summed E-state index contributed by atoms with van der Waals surface area (Å²) in [6.45, 7) is 1.95. The van der Waals surface area contributed by atoms with Gasteiger partial charge in [-0.2, -0.15) is 0 Å². The van der Waals surface area contributed by atoms with Crippen LogP contribution in [0.4, 0.5) is 13.6 Å². The van der Waals surface area contributed by atoms with Crippen LogP contribution in [-0.2, 0) is 23.9 Å². The van der Waals surface area contributed by atoms with Crippen LogP contribution >= 0.6 is 0 Å². The first kappa shape index (κ1) is 29.2. The van der Waals surface area contributed by atoms with Crippen LogP contribution in [0.25, 0.3) is 0 Å². The summed E-state index contributed by atoms with van der Waals surface area (Å²) in [7, 11) is 0. The predicted octanol–water partition coefficient (Wildman–Crippen LogP) is 1.79. The smallest absolute Gasteiger partial charge is 0.408 e. The van der Waals surface area contributed by atoms with E-state index in [0.717, 1.165) is 32.1 Å². The van der Waals surface area contributed by atoms with Gasteiger partial charge in [0.05, 0.1) is 6.04 Å². The fourth-order valence-electron chi connectivity index (χ4n) is 6.60. The first-order valence-corrected chi connectivity index (χ1v) is 14.0. The predicted molar refractivity (Wildman–Crippen MR) is 135 cm³/mol. The van der Waals surface area contributed by atoms with Crippen molar-refractivity contribution in [2.75, 3.05) is 19.9 Å². The van der Waals surface area contributed by atoms with Gasteiger partial charge in [-0.3, -0.25) is 19.2 Å². The molecule has 4 rings (SSSR count). The van der Waals surface area contributed by atoms with Crippen LogP contribution < -0.4 is 16.4 Å². The number of hydrogen-bond acceptors (Lipinski definition) is 6. The number of nitrogens with one attached hydrogen (secondary N) is 2. The van der Waals surface area contributed by atoms with Gasteiger partial charge in [0.2, 0.25) is 17.6 Å². The number of alkyl halides is 2. The number of Topliss-reactive ketones (excluding diaryl/α,β-unsaturated/α-hetero) is 1. The van der Waals surface area contributed by atoms with Crippen LogP contribution in [0.5, 0.6) is 0 Å². The number of rotatable bonds is 12. The molecule has 1 saturated heterocycles. The maximum absolute atomic E-state index is 14.0. The summed E-state index contributed by atoms with van der Waals surface area (Å²) in [6.07, 6.45) is 3.55. The van der Waals surface area contributed by atoms with Gasteiger partial charge in [0, 0.05) is 6.54 Å². The molecule has 1 heterocycles. The van der Waals surface area contributed by atoms with Crippen molar-refractivity contribution < 1.29 is 37.5 Å². The standard InChI is InChI=1S/C27H40F2N4O6/c1-27(2)17-13-33(21(19(17)27)24(36)31-18(10-14-8-9-14)22(34)23(30)35)25(37)20(15-6-4-3-5-7-15)32-26(38)39-16(11-28)12-29/h14-21H,3-13H2,1-2H3,(H2,30,35)(H,31,36)(H,32,38)/t17-,18?,19-,20-,21-/m0/s1. The number of amides is 4. The van der Waals surface area contributed by atoms with E-state index in [1.807, 2.05) is 13.8 Å². The van der Waals surface area contributed by atoms with E-state index in [9.17, 15) is 32.8 Å². The lowest BCUT2D eigenvalue weighted by Gasteiger charge is -2.37. The average molecular weight is 555 g/mol. The molecule has 0 spiro atoms. The fourth-order valence-corrected chi connectivity index (χ4v) is 6.60. The van der Waals surface area contributed by atoms with Crippen molar-refractivity contribution >= 4 is 29.6 Å². The number of ketones is 1. The van der Waals surface area contributed by atoms with E-state index >= 15 is 0 Å². The van der Waals surface area contributed by atoms with E-state index in [4.69, 9.17) is 10.5 Å². The third kappa shape index (κ3) is 6.35. The number of hydrogen-bond donors (Lipinski definition) is 3. The van der Waals surface area contributed by atoms with Crippen LogP contribution in [-0.4, -0.2) is 78.6 Å². The van der Waals surface area contributed by atoms with Crippen LogP contribution in [0.15, 0.2) is 0 Å². The molecule has 4 N–H and O–H groups in total. The number of primary amides is 1. The first-order valence-electron chi connectivity index (χ1n) is 14.0. The van der Waals surface area contributed by atoms with Crippen molar-refractivity contribution in [2.45, 2.75) is 89.4 Å². The summed E-state index contributed by atoms with van der Waals surface area (Å²) in [5, 5.41) is 5.26. The minimum atomic E-state index is -1.56. The van der Waals surface area contributed by atoms with E-state index < -0.39 is 67.2 Å². The number of likely N-dealkylation sites (tertiary alicyclic amines) is 1. The number of fused-ring (bicyclic) bond motifs is 1. The molecule has 3 saturated carbocycles. The molecule has 0 bridgehead atoms. The van der Waals surface area contributed by atoms with Gasteiger partial charge in [0.1, 0.15) is 25.4 Å². The van der Waals surface area contributed by atoms with Gasteiger partial charge in [0.25, 0.3) is 5.91 Å². The second kappa shape index (κ2) is 11.8. The van der Waals surface area contributed by atoms with Gasteiger partial charge < -0.3 is 26.0 Å². The van der Waals surface area contributed by atoms with Gasteiger partial charge in [-0.05, 0) is 48.3 Å². The molecule has 4 aliphatic rings. The number of piperidine rings is 1. The number of nitrogens with zero attached hydrogens (tertiary/aromatic N) is 1. The highest BCUT2D eigenvalue weighted by Gasteiger charge is 2.69. The summed E-state index contributed by atoms with van der Waals surface area (Å²) in [5.74, 6) is -3.07. The molecule has 3 aliphatic carbocycles. The highest BCUT2D eigenvalue weighted by Crippen LogP contribution is 2.65. The van der Waals surface area contributed by atoms with Crippen molar-refractivity contribution in [3.05, 3.63) is 0 Å². The Morgan fingerprint density at radius 2 is 1.64 bits per heavy atom. The Morgan fingerprint density at radius 3 is 2.21 bits per heavy atom. The van der Waals surface area contributed by atoms with Crippen molar-refractivity contribution in [2.24, 2.45) is 34.8 Å². The summed E-state index contributed by atoms with van der Waals surface area (Å²) < 4.78 is 30.7. The Morgan fingerprint density at radius 1 is 1.00 bits per heavy atom. The molecule has 10 nitrogen and oxygen atoms in total. The fraction of sp³-hybridized carbons (Fsp3) is 0.815. The van der Waals surface area contributed by atoms with Crippen molar-refractivity contribution in [3.8, 4) is 0 Å². The van der Waals surface area contributed by atoms with E-state index in [1.165, 1.54) is 4.90 Å². The Labute approximate surface area is 227 Å². The van der Waals surface area contributed by atoms with E-state index in [0.29, 0.717) is 25.8 Å². The van der Waals surface area contributed by atoms with Crippen LogP contribution in [0, 0.1) is 29.1 Å². The third-order valence-corrected chi connectivity index (χ3v) is 9.18. The normalized spacial score (nSPS) is 27.3. The molecule has 1 unspecified atom stereocenters. The van der Waals surface area contributed by atoms with Gasteiger partial charge in [-0.25, -0.2) is 13.6 Å². The molecular weight excluding hydrogens is 514 g/mol. The lowest BCUT2D eigenvalue weighted by Crippen LogP contribution is -2.59. The monoisotopic (exact) mass is 554 g/mol. The number of halogens is 2. The third-order valence-electron chi connectivity index (χ3n) is 9.18. The molecule has 0 aromatic heterocycles. The zero-order valence-corrected chi connectivity index (χ0v) is 22.6. The van der Waals surface area contributed by atoms with Crippen molar-refractivity contribution in [3.63, 3.8) is 0 Å². The SMILES string of the molecule is CC1(C)[C@@H]2[C@@H](C(=O)NC(CC3CC3)C(=O)C(N)=O)N(C(=O)[C@@H](NC(=O)OC(CF)CF)C3CCCCC3)C[C@@H]21. The topological polar surface area (TPSA) is 148 Å². The van der Waals surface area contributed by atoms with E-state index in [2.05, 4.69) is 10.6 Å². The van der Waals surface area contributed by atoms with Crippen LogP contribution in [0.3, 0.4) is 0 Å². The highest BCUT2D eigenvalue weighted by molar-refractivity contribution is 6.37. The second-order valence-electron chi connectivity index (χ2n) is 12.2. The minimum absolute atomic E-state index is 0.0485. The number of alkyl carbamates (subject to hydrolysis) is 1. The summed E-state index contributed by atoms with van der Waals surface area (Å²) >= 11 is 0. The Hall–Kier alpha value is -2.79. The van der Waals surface area contributed by atoms with Crippen molar-refractivity contribution in [1.29, 1.82) is 0 Å². The largest absolute Gasteiger partial charge is 0.441 e. The van der Waals surface area contributed by atoms with E-state index in [1.54, 1.807) is 0 Å². The van der Waals surface area contributed by atoms with Gasteiger partial charge in [0.15, 0.2) is 6.10 Å². The Balaban J connectivity index is 1.54. The molecule has 1 aliphatic heterocycles. The summed E-state index contributed by atoms with van der Waals surface area (Å²) in [6, 6.07) is -2.97. The molecule has 218 valence electrons. The molecule has 12 heteroatoms. The molecular formula is C27H40F2N4O6. The lowest BCUT2D eigenvalue weighted by atomic mass is 9.83. The number of carbonyl (C=O) groups excluding carboxylic acids is 5. The summed E-state index contributed by atoms with van der Waals surface area (Å²) in [5.41, 5.74) is 5.03. The minimum Gasteiger partial charge on any atom is -0.441 e. The van der Waals surface area contributed by atoms with Gasteiger partial charge in [-0.15, -0.1) is 0 Å². The lowest BCUT2D eigenvalue weighted by molar-refractivity contribution is -0.144. The van der Waals surface area contributed by atoms with Crippen LogP contribution in [0.1, 0.15) is 65.2 Å². The molecule has 4 amide bonds. The maximum Gasteiger partial charge on any atom is 0.408 e. The number of ether oxygens (including phenoxy) is 1. The number of nitrogens with two attached hydrogens (primary N) is 1. The quantitative estimate of drug-likeness (QED) is 0.313. The molecule has 0 aromatic rings. The molecule has 0 radical (unpaired) electrons. The Kier molecular flexibility index (Phi) is 8.80. The highest BCUT2D eigenvalue weighted by atomic mass is 19.1. The van der Waals surface area contributed by atoms with E-state index in [-0.39, 0.29) is 29.1 Å². The zero-order valence-electron chi connectivity index (χ0n) is 22.6.